The van der Waals surface area contributed by atoms with E-state index in [1.165, 1.54) is 29.8 Å². The van der Waals surface area contributed by atoms with Crippen LogP contribution in [0.15, 0.2) is 18.5 Å². The number of aromatic amines is 1. The molecule has 2 aliphatic rings. The first-order valence-corrected chi connectivity index (χ1v) is 8.97. The van der Waals surface area contributed by atoms with Crippen molar-refractivity contribution in [3.63, 3.8) is 0 Å². The Bertz CT molecular complexity index is 761. The lowest BCUT2D eigenvalue weighted by Gasteiger charge is -2.22. The van der Waals surface area contributed by atoms with E-state index < -0.39 is 0 Å². The van der Waals surface area contributed by atoms with E-state index in [1.807, 2.05) is 23.4 Å². The number of carbonyl (C=O) groups excluding carboxylic acids is 1. The molecular weight excluding hydrogens is 300 g/mol. The van der Waals surface area contributed by atoms with Crippen LogP contribution in [0.25, 0.3) is 0 Å². The number of carbonyl (C=O) groups is 1. The molecular formula is C19H26N4O. The van der Waals surface area contributed by atoms with Gasteiger partial charge in [-0.2, -0.15) is 5.10 Å². The van der Waals surface area contributed by atoms with Crippen LogP contribution in [0.2, 0.25) is 0 Å². The molecule has 0 spiro atoms. The molecule has 2 aromatic heterocycles. The Morgan fingerprint density at radius 3 is 2.67 bits per heavy atom. The lowest BCUT2D eigenvalue weighted by atomic mass is 10.1. The highest BCUT2D eigenvalue weighted by atomic mass is 16.2. The predicted octanol–water partition coefficient (Wildman–Crippen LogP) is 3.08. The number of fused-ring (bicyclic) bond motifs is 1. The fourth-order valence-corrected chi connectivity index (χ4v) is 3.53. The molecule has 2 aromatic rings. The van der Waals surface area contributed by atoms with Crippen LogP contribution in [0.4, 0.5) is 0 Å². The number of hydrogen-bond acceptors (Lipinski definition) is 2. The molecule has 1 saturated carbocycles. The maximum absolute atomic E-state index is 12.9. The minimum atomic E-state index is -0.000401. The number of rotatable bonds is 2. The normalized spacial score (nSPS) is 18.4. The van der Waals surface area contributed by atoms with E-state index in [1.54, 1.807) is 0 Å². The molecule has 0 saturated heterocycles. The summed E-state index contributed by atoms with van der Waals surface area (Å²) in [5, 5.41) is 7.75. The topological polar surface area (TPSA) is 53.9 Å². The summed E-state index contributed by atoms with van der Waals surface area (Å²) < 4.78 is 2.11. The van der Waals surface area contributed by atoms with Gasteiger partial charge in [-0.05, 0) is 51.7 Å². The van der Waals surface area contributed by atoms with Gasteiger partial charge >= 0.3 is 0 Å². The number of nitrogens with one attached hydrogen (secondary N) is 1. The maximum Gasteiger partial charge on any atom is 0.255 e. The molecule has 4 rings (SSSR count). The lowest BCUT2D eigenvalue weighted by molar-refractivity contribution is 0.0762. The molecule has 0 unspecified atom stereocenters. The largest absolute Gasteiger partial charge is 0.348 e. The molecule has 0 radical (unpaired) electrons. The summed E-state index contributed by atoms with van der Waals surface area (Å²) in [7, 11) is 0. The third kappa shape index (κ3) is 2.76. The number of amides is 1. The Morgan fingerprint density at radius 2 is 2.00 bits per heavy atom. The monoisotopic (exact) mass is 326 g/mol. The van der Waals surface area contributed by atoms with E-state index in [4.69, 9.17) is 0 Å². The molecule has 0 atom stereocenters. The smallest absolute Gasteiger partial charge is 0.255 e. The van der Waals surface area contributed by atoms with E-state index in [-0.39, 0.29) is 11.4 Å². The van der Waals surface area contributed by atoms with Gasteiger partial charge in [0.1, 0.15) is 0 Å². The second kappa shape index (κ2) is 5.50. The summed E-state index contributed by atoms with van der Waals surface area (Å²) in [5.41, 5.74) is 4.66. The van der Waals surface area contributed by atoms with Crippen LogP contribution in [0.1, 0.15) is 66.8 Å². The molecule has 24 heavy (non-hydrogen) atoms. The van der Waals surface area contributed by atoms with Gasteiger partial charge in [0, 0.05) is 49.1 Å². The number of H-pyrrole nitrogens is 1. The third-order valence-corrected chi connectivity index (χ3v) is 5.21. The molecule has 1 aliphatic heterocycles. The first-order valence-electron chi connectivity index (χ1n) is 8.97. The lowest BCUT2D eigenvalue weighted by Crippen LogP contribution is -2.33. The quantitative estimate of drug-likeness (QED) is 0.922. The van der Waals surface area contributed by atoms with Gasteiger partial charge in [0.15, 0.2) is 0 Å². The molecule has 128 valence electrons. The fourth-order valence-electron chi connectivity index (χ4n) is 3.53. The summed E-state index contributed by atoms with van der Waals surface area (Å²) in [6.07, 6.45) is 8.30. The summed E-state index contributed by atoms with van der Waals surface area (Å²) >= 11 is 0. The van der Waals surface area contributed by atoms with Gasteiger partial charge in [-0.1, -0.05) is 0 Å². The Labute approximate surface area is 143 Å². The van der Waals surface area contributed by atoms with Crippen molar-refractivity contribution in [3.05, 3.63) is 41.0 Å². The zero-order chi connectivity index (χ0) is 16.9. The first-order chi connectivity index (χ1) is 11.4. The van der Waals surface area contributed by atoms with E-state index in [0.717, 1.165) is 31.5 Å². The van der Waals surface area contributed by atoms with E-state index >= 15 is 0 Å². The Balaban J connectivity index is 1.49. The summed E-state index contributed by atoms with van der Waals surface area (Å²) in [6, 6.07) is 1.94. The van der Waals surface area contributed by atoms with Gasteiger partial charge in [0.25, 0.3) is 5.91 Å². The highest BCUT2D eigenvalue weighted by Crippen LogP contribution is 2.41. The maximum atomic E-state index is 12.9. The van der Waals surface area contributed by atoms with E-state index in [2.05, 4.69) is 35.5 Å². The van der Waals surface area contributed by atoms with Crippen molar-refractivity contribution >= 4 is 5.91 Å². The van der Waals surface area contributed by atoms with Crippen LogP contribution in [0.3, 0.4) is 0 Å². The van der Waals surface area contributed by atoms with Crippen LogP contribution >= 0.6 is 0 Å². The molecule has 5 heteroatoms. The second-order valence-electron chi connectivity index (χ2n) is 8.11. The van der Waals surface area contributed by atoms with Crippen molar-refractivity contribution in [2.45, 2.75) is 57.9 Å². The highest BCUT2D eigenvalue weighted by Gasteiger charge is 2.32. The number of hydrogen-bond donors (Lipinski definition) is 1. The molecule has 5 nitrogen and oxygen atoms in total. The molecule has 1 amide bonds. The molecule has 1 N–H and O–H groups in total. The van der Waals surface area contributed by atoms with Crippen LogP contribution in [0.5, 0.6) is 0 Å². The second-order valence-corrected chi connectivity index (χ2v) is 8.11. The van der Waals surface area contributed by atoms with Gasteiger partial charge < -0.3 is 9.47 Å². The molecule has 3 heterocycles. The zero-order valence-electron chi connectivity index (χ0n) is 14.8. The van der Waals surface area contributed by atoms with Gasteiger partial charge in [0.2, 0.25) is 0 Å². The fraction of sp³-hybridized carbons (Fsp3) is 0.579. The highest BCUT2D eigenvalue weighted by molar-refractivity contribution is 5.94. The van der Waals surface area contributed by atoms with Gasteiger partial charge in [-0.15, -0.1) is 0 Å². The molecule has 0 aromatic carbocycles. The molecule has 0 bridgehead atoms. The Hall–Kier alpha value is -2.04. The van der Waals surface area contributed by atoms with Gasteiger partial charge in [-0.3, -0.25) is 9.89 Å². The summed E-state index contributed by atoms with van der Waals surface area (Å²) in [6.45, 7) is 7.98. The van der Waals surface area contributed by atoms with Crippen LogP contribution in [-0.4, -0.2) is 38.7 Å². The van der Waals surface area contributed by atoms with E-state index in [9.17, 15) is 4.79 Å². The van der Waals surface area contributed by atoms with Crippen molar-refractivity contribution in [3.8, 4) is 0 Å². The average molecular weight is 326 g/mol. The average Bonchev–Trinajstić information content (AvgIpc) is 3.16. The predicted molar refractivity (Wildman–Crippen MR) is 93.3 cm³/mol. The SMILES string of the molecule is CC(C)(C)n1ccc(C(=O)N2CCc3[nH]nc(C4CC4)c3CC2)c1. The van der Waals surface area contributed by atoms with E-state index in [0.29, 0.717) is 5.92 Å². The molecule has 1 aliphatic carbocycles. The molecule has 1 fully saturated rings. The standard InChI is InChI=1S/C19H26N4O/c1-19(2,3)23-11-6-14(12-23)18(24)22-9-7-15-16(8-10-22)20-21-17(15)13-4-5-13/h6,11-13H,4-5,7-10H2,1-3H3,(H,20,21). The Morgan fingerprint density at radius 1 is 1.25 bits per heavy atom. The van der Waals surface area contributed by atoms with Crippen LogP contribution < -0.4 is 0 Å². The van der Waals surface area contributed by atoms with Crippen molar-refractivity contribution in [1.29, 1.82) is 0 Å². The van der Waals surface area contributed by atoms with Crippen molar-refractivity contribution in [2.75, 3.05) is 13.1 Å². The number of aromatic nitrogens is 3. The Kier molecular flexibility index (Phi) is 3.55. The van der Waals surface area contributed by atoms with Crippen molar-refractivity contribution in [1.82, 2.24) is 19.7 Å². The van der Waals surface area contributed by atoms with Crippen molar-refractivity contribution < 1.29 is 4.79 Å². The minimum Gasteiger partial charge on any atom is -0.348 e. The van der Waals surface area contributed by atoms with Crippen LogP contribution in [0, 0.1) is 0 Å². The summed E-state index contributed by atoms with van der Waals surface area (Å²) in [4.78, 5) is 14.9. The van der Waals surface area contributed by atoms with Gasteiger partial charge in [0.05, 0.1) is 11.3 Å². The summed E-state index contributed by atoms with van der Waals surface area (Å²) in [5.74, 6) is 0.803. The third-order valence-electron chi connectivity index (χ3n) is 5.21. The van der Waals surface area contributed by atoms with Crippen LogP contribution in [-0.2, 0) is 18.4 Å². The first kappa shape index (κ1) is 15.5. The van der Waals surface area contributed by atoms with Crippen molar-refractivity contribution in [2.24, 2.45) is 0 Å². The van der Waals surface area contributed by atoms with Gasteiger partial charge in [-0.25, -0.2) is 0 Å². The number of nitrogens with zero attached hydrogens (tertiary/aromatic N) is 3. The zero-order valence-corrected chi connectivity index (χ0v) is 14.8. The minimum absolute atomic E-state index is 0.000401.